The van der Waals surface area contributed by atoms with Crippen molar-refractivity contribution in [2.75, 3.05) is 13.2 Å². The van der Waals surface area contributed by atoms with E-state index in [0.29, 0.717) is 12.3 Å². The zero-order valence-corrected chi connectivity index (χ0v) is 12.9. The van der Waals surface area contributed by atoms with E-state index >= 15 is 0 Å². The van der Waals surface area contributed by atoms with E-state index in [9.17, 15) is 9.18 Å². The number of hydrogen-bond donors (Lipinski definition) is 0. The molecule has 23 heavy (non-hydrogen) atoms. The van der Waals surface area contributed by atoms with Crippen LogP contribution in [-0.2, 0) is 11.3 Å². The van der Waals surface area contributed by atoms with Gasteiger partial charge in [0.1, 0.15) is 11.6 Å². The summed E-state index contributed by atoms with van der Waals surface area (Å²) in [5.41, 5.74) is 0. The second-order valence-electron chi connectivity index (χ2n) is 5.71. The van der Waals surface area contributed by atoms with Crippen LogP contribution in [0.4, 0.5) is 4.39 Å². The largest absolute Gasteiger partial charge is 0.484 e. The van der Waals surface area contributed by atoms with E-state index in [1.165, 1.54) is 24.3 Å². The maximum absolute atomic E-state index is 12.9. The number of likely N-dealkylation sites (tertiary alicyclic amines) is 1. The Morgan fingerprint density at radius 3 is 2.87 bits per heavy atom. The van der Waals surface area contributed by atoms with E-state index in [4.69, 9.17) is 4.74 Å². The molecule has 0 saturated carbocycles. The van der Waals surface area contributed by atoms with Crippen LogP contribution in [0.1, 0.15) is 19.3 Å². The second kappa shape index (κ2) is 7.26. The number of halogens is 1. The summed E-state index contributed by atoms with van der Waals surface area (Å²) in [4.78, 5) is 14.4. The van der Waals surface area contributed by atoms with Crippen molar-refractivity contribution in [1.82, 2.24) is 14.7 Å². The van der Waals surface area contributed by atoms with Crippen molar-refractivity contribution in [3.63, 3.8) is 0 Å². The summed E-state index contributed by atoms with van der Waals surface area (Å²) in [7, 11) is 0. The lowest BCUT2D eigenvalue weighted by Crippen LogP contribution is -2.47. The number of aromatic nitrogens is 2. The Morgan fingerprint density at radius 2 is 2.13 bits per heavy atom. The minimum absolute atomic E-state index is 0.0265. The Labute approximate surface area is 134 Å². The van der Waals surface area contributed by atoms with Gasteiger partial charge in [0, 0.05) is 18.9 Å². The molecule has 1 atom stereocenters. The monoisotopic (exact) mass is 317 g/mol. The molecule has 0 unspecified atom stereocenters. The normalized spacial score (nSPS) is 18.0. The molecule has 122 valence electrons. The standard InChI is InChI=1S/C17H20FN3O2/c18-14-5-7-16(8-6-14)23-13-17(22)21-11-2-1-4-15(21)12-20-10-3-9-19-20/h3,5-10,15H,1-2,4,11-13H2/t15-/m1/s1. The highest BCUT2D eigenvalue weighted by Crippen LogP contribution is 2.19. The average Bonchev–Trinajstić information content (AvgIpc) is 3.07. The fourth-order valence-electron chi connectivity index (χ4n) is 2.90. The second-order valence-corrected chi connectivity index (χ2v) is 5.71. The van der Waals surface area contributed by atoms with Gasteiger partial charge in [-0.25, -0.2) is 4.39 Å². The predicted octanol–water partition coefficient (Wildman–Crippen LogP) is 2.48. The average molecular weight is 317 g/mol. The zero-order valence-electron chi connectivity index (χ0n) is 12.9. The van der Waals surface area contributed by atoms with Gasteiger partial charge in [-0.2, -0.15) is 5.10 Å². The number of piperidine rings is 1. The zero-order chi connectivity index (χ0) is 16.1. The molecule has 2 aromatic rings. The quantitative estimate of drug-likeness (QED) is 0.851. The first kappa shape index (κ1) is 15.5. The van der Waals surface area contributed by atoms with Crippen molar-refractivity contribution < 1.29 is 13.9 Å². The molecule has 3 rings (SSSR count). The van der Waals surface area contributed by atoms with Crippen molar-refractivity contribution in [3.05, 3.63) is 48.5 Å². The molecular formula is C17H20FN3O2. The van der Waals surface area contributed by atoms with E-state index in [2.05, 4.69) is 5.10 Å². The maximum atomic E-state index is 12.9. The van der Waals surface area contributed by atoms with Gasteiger partial charge in [-0.1, -0.05) is 0 Å². The predicted molar refractivity (Wildman–Crippen MR) is 83.5 cm³/mol. The van der Waals surface area contributed by atoms with Crippen molar-refractivity contribution in [2.24, 2.45) is 0 Å². The van der Waals surface area contributed by atoms with Crippen LogP contribution in [0.3, 0.4) is 0 Å². The molecule has 1 aliphatic heterocycles. The maximum Gasteiger partial charge on any atom is 0.260 e. The number of hydrogen-bond acceptors (Lipinski definition) is 3. The number of carbonyl (C=O) groups excluding carboxylic acids is 1. The minimum Gasteiger partial charge on any atom is -0.484 e. The van der Waals surface area contributed by atoms with Gasteiger partial charge in [-0.15, -0.1) is 0 Å². The minimum atomic E-state index is -0.320. The summed E-state index contributed by atoms with van der Waals surface area (Å²) < 4.78 is 20.2. The highest BCUT2D eigenvalue weighted by atomic mass is 19.1. The summed E-state index contributed by atoms with van der Waals surface area (Å²) in [6, 6.07) is 7.72. The fourth-order valence-corrected chi connectivity index (χ4v) is 2.90. The summed E-state index contributed by atoms with van der Waals surface area (Å²) in [6.07, 6.45) is 6.76. The van der Waals surface area contributed by atoms with Crippen LogP contribution in [0.5, 0.6) is 5.75 Å². The Bertz CT molecular complexity index is 628. The number of rotatable bonds is 5. The van der Waals surface area contributed by atoms with Crippen LogP contribution in [0.2, 0.25) is 0 Å². The fraction of sp³-hybridized carbons (Fsp3) is 0.412. The van der Waals surface area contributed by atoms with Gasteiger partial charge < -0.3 is 9.64 Å². The van der Waals surface area contributed by atoms with Crippen LogP contribution in [0, 0.1) is 5.82 Å². The Kier molecular flexibility index (Phi) is 4.90. The van der Waals surface area contributed by atoms with Crippen LogP contribution in [0.15, 0.2) is 42.7 Å². The lowest BCUT2D eigenvalue weighted by Gasteiger charge is -2.35. The van der Waals surface area contributed by atoms with Crippen LogP contribution in [-0.4, -0.2) is 39.8 Å². The lowest BCUT2D eigenvalue weighted by molar-refractivity contribution is -0.137. The Morgan fingerprint density at radius 1 is 1.30 bits per heavy atom. The highest BCUT2D eigenvalue weighted by molar-refractivity contribution is 5.78. The molecule has 1 aliphatic rings. The van der Waals surface area contributed by atoms with Crippen molar-refractivity contribution in [3.8, 4) is 5.75 Å². The number of amides is 1. The van der Waals surface area contributed by atoms with Gasteiger partial charge in [0.2, 0.25) is 0 Å². The van der Waals surface area contributed by atoms with E-state index in [0.717, 1.165) is 25.8 Å². The molecule has 1 amide bonds. The Balaban J connectivity index is 1.58. The molecule has 1 aromatic heterocycles. The summed E-state index contributed by atoms with van der Waals surface area (Å²) in [5.74, 6) is 0.144. The molecule has 0 aliphatic carbocycles. The molecule has 0 spiro atoms. The molecular weight excluding hydrogens is 297 g/mol. The third-order valence-electron chi connectivity index (χ3n) is 4.08. The molecule has 6 heteroatoms. The van der Waals surface area contributed by atoms with Gasteiger partial charge in [-0.3, -0.25) is 9.48 Å². The van der Waals surface area contributed by atoms with Gasteiger partial charge in [-0.05, 0) is 49.6 Å². The Hall–Kier alpha value is -2.37. The molecule has 1 aromatic carbocycles. The van der Waals surface area contributed by atoms with Gasteiger partial charge >= 0.3 is 0 Å². The molecule has 1 saturated heterocycles. The number of benzene rings is 1. The van der Waals surface area contributed by atoms with Crippen molar-refractivity contribution >= 4 is 5.91 Å². The number of nitrogens with zero attached hydrogens (tertiary/aromatic N) is 3. The molecule has 0 bridgehead atoms. The van der Waals surface area contributed by atoms with Crippen LogP contribution < -0.4 is 4.74 Å². The van der Waals surface area contributed by atoms with E-state index in [1.807, 2.05) is 21.8 Å². The first-order chi connectivity index (χ1) is 11.2. The molecule has 5 nitrogen and oxygen atoms in total. The lowest BCUT2D eigenvalue weighted by atomic mass is 10.0. The highest BCUT2D eigenvalue weighted by Gasteiger charge is 2.27. The smallest absolute Gasteiger partial charge is 0.260 e. The van der Waals surface area contributed by atoms with E-state index < -0.39 is 0 Å². The topological polar surface area (TPSA) is 47.4 Å². The molecule has 0 N–H and O–H groups in total. The number of ether oxygens (including phenoxy) is 1. The van der Waals surface area contributed by atoms with Gasteiger partial charge in [0.15, 0.2) is 6.61 Å². The van der Waals surface area contributed by atoms with Crippen LogP contribution in [0.25, 0.3) is 0 Å². The van der Waals surface area contributed by atoms with Gasteiger partial charge in [0.05, 0.1) is 12.6 Å². The first-order valence-corrected chi connectivity index (χ1v) is 7.87. The molecule has 2 heterocycles. The number of carbonyl (C=O) groups is 1. The summed E-state index contributed by atoms with van der Waals surface area (Å²) >= 11 is 0. The molecule has 0 radical (unpaired) electrons. The molecule has 1 fully saturated rings. The first-order valence-electron chi connectivity index (χ1n) is 7.87. The van der Waals surface area contributed by atoms with E-state index in [-0.39, 0.29) is 24.4 Å². The summed E-state index contributed by atoms with van der Waals surface area (Å²) in [5, 5.41) is 4.22. The van der Waals surface area contributed by atoms with Crippen LogP contribution >= 0.6 is 0 Å². The van der Waals surface area contributed by atoms with Gasteiger partial charge in [0.25, 0.3) is 5.91 Å². The van der Waals surface area contributed by atoms with Crippen molar-refractivity contribution in [1.29, 1.82) is 0 Å². The van der Waals surface area contributed by atoms with E-state index in [1.54, 1.807) is 6.20 Å². The van der Waals surface area contributed by atoms with Crippen molar-refractivity contribution in [2.45, 2.75) is 31.8 Å². The summed E-state index contributed by atoms with van der Waals surface area (Å²) in [6.45, 7) is 1.42. The third kappa shape index (κ3) is 4.09. The third-order valence-corrected chi connectivity index (χ3v) is 4.08. The SMILES string of the molecule is O=C(COc1ccc(F)cc1)N1CCCC[C@@H]1Cn1cccn1.